The quantitative estimate of drug-likeness (QED) is 0.0991. The molecule has 2 fully saturated rings. The first-order valence-electron chi connectivity index (χ1n) is 15.2. The molecule has 6 atom stereocenters. The van der Waals surface area contributed by atoms with Crippen LogP contribution in [0, 0.1) is 23.2 Å². The van der Waals surface area contributed by atoms with Crippen molar-refractivity contribution in [2.24, 2.45) is 23.2 Å². The van der Waals surface area contributed by atoms with Crippen LogP contribution in [0.2, 0.25) is 0 Å². The van der Waals surface area contributed by atoms with Gasteiger partial charge in [0.2, 0.25) is 0 Å². The molecule has 6 heteroatoms. The third-order valence-electron chi connectivity index (χ3n) is 9.67. The van der Waals surface area contributed by atoms with Crippen molar-refractivity contribution in [1.82, 2.24) is 0 Å². The first-order valence-corrected chi connectivity index (χ1v) is 15.2. The molecule has 0 aromatic rings. The number of fused-ring (bicyclic) bond motifs is 1. The molecule has 0 aliphatic heterocycles. The van der Waals surface area contributed by atoms with E-state index >= 15 is 0 Å². The molecule has 0 bridgehead atoms. The number of carbonyl (C=O) groups is 1. The highest BCUT2D eigenvalue weighted by atomic mass is 16.5. The Hall–Kier alpha value is -1.83. The molecule has 40 heavy (non-hydrogen) atoms. The highest BCUT2D eigenvalue weighted by Crippen LogP contribution is 2.65. The molecule has 224 valence electrons. The number of aliphatic hydroxyl groups excluding tert-OH is 3. The fraction of sp³-hybridized carbons (Fsp3) is 0.676. The number of aliphatic hydroxyl groups is 4. The summed E-state index contributed by atoms with van der Waals surface area (Å²) in [6.07, 6.45) is 15.8. The van der Waals surface area contributed by atoms with Crippen molar-refractivity contribution in [2.45, 2.75) is 96.7 Å². The van der Waals surface area contributed by atoms with Gasteiger partial charge >= 0.3 is 0 Å². The molecule has 6 nitrogen and oxygen atoms in total. The molecule has 3 rings (SSSR count). The van der Waals surface area contributed by atoms with Crippen LogP contribution < -0.4 is 0 Å². The van der Waals surface area contributed by atoms with E-state index in [1.807, 2.05) is 25.2 Å². The largest absolute Gasteiger partial charge is 0.396 e. The zero-order valence-corrected chi connectivity index (χ0v) is 24.9. The van der Waals surface area contributed by atoms with E-state index in [0.717, 1.165) is 60.7 Å². The van der Waals surface area contributed by atoms with E-state index in [9.17, 15) is 25.2 Å². The summed E-state index contributed by atoms with van der Waals surface area (Å²) in [6.45, 7) is 10.7. The maximum absolute atomic E-state index is 12.2. The number of aldehydes is 1. The SMILES string of the molecule is C=C(/C=C\C=C(\COCCO)[C@@H]1CC[C@]2([C@@H]1O)[C@@H](CCCO)C1=C(C=O)CCC[C@H]1C[C@@]2(C)O)CCC=C(C)C. The summed E-state index contributed by atoms with van der Waals surface area (Å²) >= 11 is 0. The van der Waals surface area contributed by atoms with Crippen LogP contribution >= 0.6 is 0 Å². The highest BCUT2D eigenvalue weighted by molar-refractivity contribution is 5.75. The first kappa shape index (κ1) is 32.7. The second-order valence-corrected chi connectivity index (χ2v) is 12.6. The normalized spacial score (nSPS) is 32.5. The van der Waals surface area contributed by atoms with Gasteiger partial charge in [0, 0.05) is 17.9 Å². The summed E-state index contributed by atoms with van der Waals surface area (Å²) in [6, 6.07) is 0. The lowest BCUT2D eigenvalue weighted by molar-refractivity contribution is -0.178. The van der Waals surface area contributed by atoms with Gasteiger partial charge in [0.15, 0.2) is 0 Å². The lowest BCUT2D eigenvalue weighted by Crippen LogP contribution is -2.61. The Bertz CT molecular complexity index is 998. The second kappa shape index (κ2) is 14.9. The Morgan fingerprint density at radius 3 is 2.65 bits per heavy atom. The van der Waals surface area contributed by atoms with Gasteiger partial charge in [-0.2, -0.15) is 0 Å². The van der Waals surface area contributed by atoms with Crippen molar-refractivity contribution < 1.29 is 30.0 Å². The van der Waals surface area contributed by atoms with Crippen molar-refractivity contribution in [1.29, 1.82) is 0 Å². The smallest absolute Gasteiger partial charge is 0.145 e. The predicted molar refractivity (Wildman–Crippen MR) is 160 cm³/mol. The van der Waals surface area contributed by atoms with E-state index in [4.69, 9.17) is 4.74 Å². The molecular formula is C34H52O6. The van der Waals surface area contributed by atoms with Crippen molar-refractivity contribution in [3.63, 3.8) is 0 Å². The summed E-state index contributed by atoms with van der Waals surface area (Å²) in [5, 5.41) is 43.3. The van der Waals surface area contributed by atoms with Crippen LogP contribution in [0.25, 0.3) is 0 Å². The minimum atomic E-state index is -1.12. The summed E-state index contributed by atoms with van der Waals surface area (Å²) < 4.78 is 5.75. The zero-order chi connectivity index (χ0) is 29.3. The predicted octanol–water partition coefficient (Wildman–Crippen LogP) is 5.38. The van der Waals surface area contributed by atoms with Crippen LogP contribution in [0.15, 0.2) is 58.7 Å². The molecule has 3 aliphatic carbocycles. The van der Waals surface area contributed by atoms with Crippen molar-refractivity contribution in [3.8, 4) is 0 Å². The van der Waals surface area contributed by atoms with Crippen molar-refractivity contribution >= 4 is 6.29 Å². The third-order valence-corrected chi connectivity index (χ3v) is 9.67. The molecule has 0 amide bonds. The molecular weight excluding hydrogens is 504 g/mol. The van der Waals surface area contributed by atoms with E-state index in [-0.39, 0.29) is 44.2 Å². The fourth-order valence-electron chi connectivity index (χ4n) is 7.87. The average Bonchev–Trinajstić information content (AvgIpc) is 3.25. The van der Waals surface area contributed by atoms with Gasteiger partial charge in [-0.05, 0) is 108 Å². The molecule has 2 saturated carbocycles. The standard InChI is InChI=1S/C34H52O6/c1-24(2)9-5-10-25(3)11-6-14-28(23-40-20-19-36)29-16-17-34(32(29)38)30(15-8-18-35)31-26(21-33(34,4)39)12-7-13-27(31)22-37/h6,9,11,14,22,26,29-30,32,35-36,38-39H,3,5,7-8,10,12-13,15-21,23H2,1-2,4H3/b11-6-,28-14-/t26-,29-,30-,32+,33+,34+/m0/s1. The molecule has 0 aromatic carbocycles. The highest BCUT2D eigenvalue weighted by Gasteiger charge is 2.65. The van der Waals surface area contributed by atoms with Crippen LogP contribution in [0.5, 0.6) is 0 Å². The number of hydrogen-bond donors (Lipinski definition) is 4. The average molecular weight is 557 g/mol. The molecule has 0 heterocycles. The Balaban J connectivity index is 1.96. The number of carbonyl (C=O) groups excluding carboxylic acids is 1. The molecule has 3 aliphatic rings. The summed E-state index contributed by atoms with van der Waals surface area (Å²) in [4.78, 5) is 12.2. The Labute approximate surface area is 241 Å². The number of ether oxygens (including phenoxy) is 1. The van der Waals surface area contributed by atoms with Gasteiger partial charge < -0.3 is 25.2 Å². The maximum Gasteiger partial charge on any atom is 0.145 e. The van der Waals surface area contributed by atoms with Crippen molar-refractivity contribution in [2.75, 3.05) is 26.4 Å². The van der Waals surface area contributed by atoms with Gasteiger partial charge in [0.25, 0.3) is 0 Å². The topological polar surface area (TPSA) is 107 Å². The molecule has 0 unspecified atom stereocenters. The van der Waals surface area contributed by atoms with E-state index in [1.165, 1.54) is 5.57 Å². The van der Waals surface area contributed by atoms with Gasteiger partial charge in [-0.25, -0.2) is 0 Å². The minimum Gasteiger partial charge on any atom is -0.396 e. The molecule has 4 N–H and O–H groups in total. The van der Waals surface area contributed by atoms with E-state index < -0.39 is 17.1 Å². The zero-order valence-electron chi connectivity index (χ0n) is 24.9. The Morgan fingerprint density at radius 1 is 1.20 bits per heavy atom. The van der Waals surface area contributed by atoms with Gasteiger partial charge in [-0.1, -0.05) is 47.6 Å². The van der Waals surface area contributed by atoms with E-state index in [2.05, 4.69) is 26.5 Å². The molecule has 0 aromatic heterocycles. The third kappa shape index (κ3) is 7.14. The summed E-state index contributed by atoms with van der Waals surface area (Å²) in [5.74, 6) is -0.266. The summed E-state index contributed by atoms with van der Waals surface area (Å²) in [5.41, 5.74) is 3.25. The van der Waals surface area contributed by atoms with Crippen molar-refractivity contribution in [3.05, 3.63) is 58.7 Å². The number of allylic oxidation sites excluding steroid dienone is 8. The minimum absolute atomic E-state index is 0.0328. The van der Waals surface area contributed by atoms with E-state index in [1.54, 1.807) is 0 Å². The summed E-state index contributed by atoms with van der Waals surface area (Å²) in [7, 11) is 0. The van der Waals surface area contributed by atoms with Gasteiger partial charge in [-0.15, -0.1) is 0 Å². The van der Waals surface area contributed by atoms with Crippen LogP contribution in [-0.4, -0.2) is 64.8 Å². The number of hydrogen-bond acceptors (Lipinski definition) is 6. The van der Waals surface area contributed by atoms with Gasteiger partial charge in [0.05, 0.1) is 31.5 Å². The van der Waals surface area contributed by atoms with Crippen LogP contribution in [0.4, 0.5) is 0 Å². The molecule has 1 spiro atoms. The monoisotopic (exact) mass is 556 g/mol. The van der Waals surface area contributed by atoms with E-state index in [0.29, 0.717) is 32.1 Å². The van der Waals surface area contributed by atoms with Crippen LogP contribution in [-0.2, 0) is 9.53 Å². The fourth-order valence-corrected chi connectivity index (χ4v) is 7.87. The lowest BCUT2D eigenvalue weighted by Gasteiger charge is -2.58. The maximum atomic E-state index is 12.2. The van der Waals surface area contributed by atoms with Crippen LogP contribution in [0.1, 0.15) is 85.0 Å². The lowest BCUT2D eigenvalue weighted by atomic mass is 9.49. The second-order valence-electron chi connectivity index (χ2n) is 12.6. The Morgan fingerprint density at radius 2 is 1.98 bits per heavy atom. The molecule has 0 radical (unpaired) electrons. The van der Waals surface area contributed by atoms with Gasteiger partial charge in [-0.3, -0.25) is 4.79 Å². The van der Waals surface area contributed by atoms with Crippen LogP contribution in [0.3, 0.4) is 0 Å². The Kier molecular flexibility index (Phi) is 12.2. The first-order chi connectivity index (χ1) is 19.1. The molecule has 0 saturated heterocycles. The number of rotatable bonds is 14. The van der Waals surface area contributed by atoms with Gasteiger partial charge in [0.1, 0.15) is 6.29 Å².